The van der Waals surface area contributed by atoms with Gasteiger partial charge in [-0.3, -0.25) is 4.99 Å². The maximum absolute atomic E-state index is 12.3. The van der Waals surface area contributed by atoms with Crippen LogP contribution >= 0.6 is 11.6 Å². The summed E-state index contributed by atoms with van der Waals surface area (Å²) in [7, 11) is -3.56. The largest absolute Gasteiger partial charge is 0.395 e. The molecule has 0 amide bonds. The topological polar surface area (TPSA) is 83.7 Å². The molecule has 2 N–H and O–H groups in total. The van der Waals surface area contributed by atoms with Gasteiger partial charge in [0.2, 0.25) is 0 Å². The summed E-state index contributed by atoms with van der Waals surface area (Å²) in [5, 5.41) is 13.2. The van der Waals surface area contributed by atoms with Gasteiger partial charge in [0.25, 0.3) is 0 Å². The molecule has 2 aromatic rings. The van der Waals surface area contributed by atoms with Gasteiger partial charge < -0.3 is 15.0 Å². The molecule has 0 unspecified atom stereocenters. The van der Waals surface area contributed by atoms with E-state index in [-0.39, 0.29) is 10.6 Å². The molecule has 1 aliphatic heterocycles. The highest BCUT2D eigenvalue weighted by Gasteiger charge is 2.21. The third-order valence-electron chi connectivity index (χ3n) is 3.57. The van der Waals surface area contributed by atoms with Gasteiger partial charge in [0.05, 0.1) is 30.3 Å². The zero-order chi connectivity index (χ0) is 15.7. The molecule has 0 saturated heterocycles. The summed E-state index contributed by atoms with van der Waals surface area (Å²) in [6.45, 7) is 1.60. The van der Waals surface area contributed by atoms with Gasteiger partial charge in [0.1, 0.15) is 5.84 Å². The number of aromatic nitrogens is 1. The number of sulfone groups is 1. The first-order chi connectivity index (χ1) is 10.5. The monoisotopic (exact) mass is 341 g/mol. The molecule has 2 heterocycles. The smallest absolute Gasteiger partial charge is 0.182 e. The number of fused-ring (bicyclic) bond motifs is 1. The lowest BCUT2D eigenvalue weighted by atomic mass is 10.2. The summed E-state index contributed by atoms with van der Waals surface area (Å²) >= 11 is 6.01. The van der Waals surface area contributed by atoms with Crippen LogP contribution in [0, 0.1) is 0 Å². The second-order valence-corrected chi connectivity index (χ2v) is 7.59. The lowest BCUT2D eigenvalue weighted by Crippen LogP contribution is -2.23. The van der Waals surface area contributed by atoms with E-state index in [0.29, 0.717) is 17.0 Å². The second-order valence-electron chi connectivity index (χ2n) is 5.08. The molecule has 0 aliphatic carbocycles. The molecule has 0 fully saturated rings. The van der Waals surface area contributed by atoms with E-state index in [1.165, 1.54) is 0 Å². The first kappa shape index (κ1) is 15.3. The maximum Gasteiger partial charge on any atom is 0.182 e. The minimum atomic E-state index is -3.56. The average molecular weight is 342 g/mol. The fourth-order valence-electron chi connectivity index (χ4n) is 2.56. The minimum absolute atomic E-state index is 0.192. The number of hydrogen-bond acceptors (Lipinski definition) is 5. The third kappa shape index (κ3) is 2.84. The van der Waals surface area contributed by atoms with Crippen molar-refractivity contribution in [2.24, 2.45) is 4.99 Å². The second kappa shape index (κ2) is 5.91. The van der Waals surface area contributed by atoms with Crippen LogP contribution in [-0.2, 0) is 16.4 Å². The Morgan fingerprint density at radius 3 is 2.91 bits per heavy atom. The Morgan fingerprint density at radius 2 is 2.23 bits per heavy atom. The number of nitrogens with zero attached hydrogens (tertiary/aromatic N) is 2. The fourth-order valence-corrected chi connectivity index (χ4v) is 3.98. The molecular weight excluding hydrogens is 326 g/mol. The molecule has 0 radical (unpaired) electrons. The quantitative estimate of drug-likeness (QED) is 0.852. The van der Waals surface area contributed by atoms with Gasteiger partial charge in [-0.2, -0.15) is 0 Å². The molecule has 8 heteroatoms. The molecule has 0 atom stereocenters. The van der Waals surface area contributed by atoms with Crippen molar-refractivity contribution >= 4 is 38.2 Å². The summed E-state index contributed by atoms with van der Waals surface area (Å²) in [4.78, 5) is 4.52. The van der Waals surface area contributed by atoms with Crippen LogP contribution in [-0.4, -0.2) is 49.4 Å². The zero-order valence-corrected chi connectivity index (χ0v) is 13.4. The Balaban J connectivity index is 2.13. The number of benzene rings is 1. The lowest BCUT2D eigenvalue weighted by molar-refractivity contribution is 0.319. The van der Waals surface area contributed by atoms with E-state index in [4.69, 9.17) is 16.7 Å². The minimum Gasteiger partial charge on any atom is -0.395 e. The highest BCUT2D eigenvalue weighted by Crippen LogP contribution is 2.29. The van der Waals surface area contributed by atoms with Crippen molar-refractivity contribution in [3.63, 3.8) is 0 Å². The molecule has 0 spiro atoms. The van der Waals surface area contributed by atoms with Crippen molar-refractivity contribution < 1.29 is 13.5 Å². The van der Waals surface area contributed by atoms with E-state index in [9.17, 15) is 8.42 Å². The Labute approximate surface area is 133 Å². The van der Waals surface area contributed by atoms with Crippen molar-refractivity contribution in [3.05, 3.63) is 29.4 Å². The molecule has 1 aromatic carbocycles. The SMILES string of the molecule is O=S(=O)(CCO)c1cn(CC2=NCCN2)c2ccc(Cl)cc12. The number of halogens is 1. The van der Waals surface area contributed by atoms with Crippen LogP contribution in [0.2, 0.25) is 5.02 Å². The van der Waals surface area contributed by atoms with E-state index in [2.05, 4.69) is 10.3 Å². The summed E-state index contributed by atoms with van der Waals surface area (Å²) < 4.78 is 26.5. The van der Waals surface area contributed by atoms with E-state index < -0.39 is 16.4 Å². The van der Waals surface area contributed by atoms with E-state index >= 15 is 0 Å². The number of aliphatic imine (C=N–C) groups is 1. The average Bonchev–Trinajstić information content (AvgIpc) is 3.07. The summed E-state index contributed by atoms with van der Waals surface area (Å²) in [6, 6.07) is 5.17. The predicted molar refractivity (Wildman–Crippen MR) is 86.4 cm³/mol. The molecule has 0 saturated carbocycles. The molecule has 1 aliphatic rings. The van der Waals surface area contributed by atoms with Crippen LogP contribution < -0.4 is 5.32 Å². The Bertz CT molecular complexity index is 842. The molecule has 118 valence electrons. The Morgan fingerprint density at radius 1 is 1.41 bits per heavy atom. The van der Waals surface area contributed by atoms with E-state index in [1.54, 1.807) is 24.4 Å². The number of amidine groups is 1. The molecular formula is C14H16ClN3O3S. The van der Waals surface area contributed by atoms with Gasteiger partial charge in [-0.25, -0.2) is 8.42 Å². The van der Waals surface area contributed by atoms with E-state index in [1.807, 2.05) is 4.57 Å². The van der Waals surface area contributed by atoms with Gasteiger partial charge in [0, 0.05) is 28.7 Å². The van der Waals surface area contributed by atoms with Crippen LogP contribution in [0.3, 0.4) is 0 Å². The van der Waals surface area contributed by atoms with Gasteiger partial charge in [-0.15, -0.1) is 0 Å². The third-order valence-corrected chi connectivity index (χ3v) is 5.52. The van der Waals surface area contributed by atoms with Crippen LogP contribution in [0.15, 0.2) is 34.3 Å². The molecule has 3 rings (SSSR count). The van der Waals surface area contributed by atoms with Crippen molar-refractivity contribution in [2.75, 3.05) is 25.4 Å². The maximum atomic E-state index is 12.3. The van der Waals surface area contributed by atoms with Crippen molar-refractivity contribution in [1.82, 2.24) is 9.88 Å². The number of aliphatic hydroxyl groups excluding tert-OH is 1. The molecule has 6 nitrogen and oxygen atoms in total. The normalized spacial score (nSPS) is 15.1. The summed E-state index contributed by atoms with van der Waals surface area (Å²) in [6.07, 6.45) is 1.59. The molecule has 1 aromatic heterocycles. The van der Waals surface area contributed by atoms with Crippen LogP contribution in [0.5, 0.6) is 0 Å². The summed E-state index contributed by atoms with van der Waals surface area (Å²) in [5.41, 5.74) is 0.775. The van der Waals surface area contributed by atoms with Gasteiger partial charge in [0.15, 0.2) is 9.84 Å². The molecule has 22 heavy (non-hydrogen) atoms. The number of nitrogens with one attached hydrogen (secondary N) is 1. The summed E-state index contributed by atoms with van der Waals surface area (Å²) in [5.74, 6) is 0.524. The van der Waals surface area contributed by atoms with Crippen molar-refractivity contribution in [1.29, 1.82) is 0 Å². The zero-order valence-electron chi connectivity index (χ0n) is 11.8. The van der Waals surface area contributed by atoms with E-state index in [0.717, 1.165) is 24.4 Å². The highest BCUT2D eigenvalue weighted by molar-refractivity contribution is 7.91. The standard InChI is InChI=1S/C14H16ClN3O3S/c15-10-1-2-12-11(7-10)13(22(20,21)6-5-19)8-18(12)9-14-16-3-4-17-14/h1-2,7-8,19H,3-6,9H2,(H,16,17). The van der Waals surface area contributed by atoms with Crippen LogP contribution in [0.1, 0.15) is 0 Å². The predicted octanol–water partition coefficient (Wildman–Crippen LogP) is 1.06. The van der Waals surface area contributed by atoms with Crippen LogP contribution in [0.25, 0.3) is 10.9 Å². The fraction of sp³-hybridized carbons (Fsp3) is 0.357. The van der Waals surface area contributed by atoms with Gasteiger partial charge in [-0.05, 0) is 18.2 Å². The molecule has 0 bridgehead atoms. The first-order valence-corrected chi connectivity index (χ1v) is 8.93. The Hall–Kier alpha value is -1.57. The van der Waals surface area contributed by atoms with Crippen molar-refractivity contribution in [2.45, 2.75) is 11.4 Å². The number of hydrogen-bond donors (Lipinski definition) is 2. The van der Waals surface area contributed by atoms with Crippen LogP contribution in [0.4, 0.5) is 0 Å². The van der Waals surface area contributed by atoms with Gasteiger partial charge >= 0.3 is 0 Å². The number of aliphatic hydroxyl groups is 1. The van der Waals surface area contributed by atoms with Gasteiger partial charge in [-0.1, -0.05) is 11.6 Å². The van der Waals surface area contributed by atoms with Crippen molar-refractivity contribution in [3.8, 4) is 0 Å². The Kier molecular flexibility index (Phi) is 4.12. The number of rotatable bonds is 5. The first-order valence-electron chi connectivity index (χ1n) is 6.90. The lowest BCUT2D eigenvalue weighted by Gasteiger charge is -2.05. The highest BCUT2D eigenvalue weighted by atomic mass is 35.5.